The summed E-state index contributed by atoms with van der Waals surface area (Å²) in [6.07, 6.45) is 9.70. The third kappa shape index (κ3) is 1.51. The Balaban J connectivity index is 1.87. The largest absolute Gasteiger partial charge is 0.299 e. The van der Waals surface area contributed by atoms with Crippen molar-refractivity contribution >= 4 is 5.78 Å². The average molecular weight is 252 g/mol. The Morgan fingerprint density at radius 2 is 2.21 bits per heavy atom. The quantitative estimate of drug-likeness (QED) is 0.698. The fraction of sp³-hybridized carbons (Fsp3) is 0.500. The number of fused-ring (bicyclic) bond motifs is 5. The summed E-state index contributed by atoms with van der Waals surface area (Å²) in [7, 11) is 0. The predicted octanol–water partition coefficient (Wildman–Crippen LogP) is 3.60. The van der Waals surface area contributed by atoms with Crippen molar-refractivity contribution in [1.29, 1.82) is 0 Å². The first-order valence-electron chi connectivity index (χ1n) is 7.53. The highest BCUT2D eigenvalue weighted by atomic mass is 16.1. The number of carbonyl (C=O) groups excluding carboxylic acids is 1. The number of hydrogen-bond donors (Lipinski definition) is 0. The summed E-state index contributed by atoms with van der Waals surface area (Å²) in [4.78, 5) is 12.2. The van der Waals surface area contributed by atoms with Crippen molar-refractivity contribution in [3.8, 4) is 0 Å². The van der Waals surface area contributed by atoms with Crippen LogP contribution in [0.4, 0.5) is 0 Å². The van der Waals surface area contributed by atoms with Crippen molar-refractivity contribution in [2.24, 2.45) is 11.8 Å². The first-order valence-corrected chi connectivity index (χ1v) is 7.53. The van der Waals surface area contributed by atoms with Gasteiger partial charge in [0, 0.05) is 18.3 Å². The van der Waals surface area contributed by atoms with E-state index in [1.165, 1.54) is 29.5 Å². The smallest absolute Gasteiger partial charge is 0.138 e. The fourth-order valence-electron chi connectivity index (χ4n) is 4.69. The third-order valence-corrected chi connectivity index (χ3v) is 5.52. The summed E-state index contributed by atoms with van der Waals surface area (Å²) < 4.78 is 0. The minimum atomic E-state index is 0.149. The van der Waals surface area contributed by atoms with Crippen LogP contribution in [0.15, 0.2) is 30.4 Å². The van der Waals surface area contributed by atoms with Crippen LogP contribution in [0.3, 0.4) is 0 Å². The molecule has 19 heavy (non-hydrogen) atoms. The lowest BCUT2D eigenvalue weighted by molar-refractivity contribution is -0.120. The van der Waals surface area contributed by atoms with Crippen LogP contribution < -0.4 is 0 Å². The van der Waals surface area contributed by atoms with E-state index in [0.29, 0.717) is 18.1 Å². The van der Waals surface area contributed by atoms with Crippen molar-refractivity contribution in [1.82, 2.24) is 0 Å². The average Bonchev–Trinajstić information content (AvgIpc) is 2.98. The second kappa shape index (κ2) is 3.82. The van der Waals surface area contributed by atoms with Gasteiger partial charge in [0.15, 0.2) is 0 Å². The standard InChI is InChI=1S/C18H20O/c1-2-12-4-6-17-14(7-12)9-16(19)11-18(17)10-13-3-5-15(18)8-13/h3-7,13,15H,2,8-11H2,1H3. The topological polar surface area (TPSA) is 17.1 Å². The summed E-state index contributed by atoms with van der Waals surface area (Å²) in [5.74, 6) is 1.77. The number of ketones is 1. The second-order valence-electron chi connectivity index (χ2n) is 6.58. The van der Waals surface area contributed by atoms with Crippen LogP contribution in [0.1, 0.15) is 42.9 Å². The highest BCUT2D eigenvalue weighted by Crippen LogP contribution is 2.57. The van der Waals surface area contributed by atoms with Gasteiger partial charge in [-0.1, -0.05) is 37.3 Å². The zero-order valence-corrected chi connectivity index (χ0v) is 11.5. The van der Waals surface area contributed by atoms with E-state index in [4.69, 9.17) is 0 Å². The Bertz CT molecular complexity index is 583. The maximum atomic E-state index is 12.2. The molecule has 3 aliphatic rings. The second-order valence-corrected chi connectivity index (χ2v) is 6.58. The zero-order chi connectivity index (χ0) is 13.0. The molecule has 98 valence electrons. The third-order valence-electron chi connectivity index (χ3n) is 5.52. The molecule has 2 bridgehead atoms. The Morgan fingerprint density at radius 3 is 2.89 bits per heavy atom. The van der Waals surface area contributed by atoms with Crippen molar-refractivity contribution in [2.75, 3.05) is 0 Å². The number of allylic oxidation sites excluding steroid dienone is 2. The van der Waals surface area contributed by atoms with Crippen LogP contribution in [0.2, 0.25) is 0 Å². The van der Waals surface area contributed by atoms with Gasteiger partial charge in [-0.25, -0.2) is 0 Å². The van der Waals surface area contributed by atoms with Gasteiger partial charge in [0.05, 0.1) is 0 Å². The number of hydrogen-bond acceptors (Lipinski definition) is 1. The van der Waals surface area contributed by atoms with E-state index in [1.807, 2.05) is 0 Å². The molecule has 4 rings (SSSR count). The lowest BCUT2D eigenvalue weighted by Crippen LogP contribution is -2.38. The Hall–Kier alpha value is -1.37. The molecule has 1 spiro atoms. The summed E-state index contributed by atoms with van der Waals surface area (Å²) in [6.45, 7) is 2.18. The molecule has 0 amide bonds. The molecule has 0 aliphatic heterocycles. The molecule has 0 heterocycles. The normalized spacial score (nSPS) is 35.1. The first kappa shape index (κ1) is 11.5. The van der Waals surface area contributed by atoms with Crippen LogP contribution >= 0.6 is 0 Å². The summed E-state index contributed by atoms with van der Waals surface area (Å²) in [5, 5.41) is 0. The van der Waals surface area contributed by atoms with Crippen LogP contribution in [-0.2, 0) is 23.1 Å². The van der Waals surface area contributed by atoms with E-state index < -0.39 is 0 Å². The van der Waals surface area contributed by atoms with E-state index in [1.54, 1.807) is 0 Å². The summed E-state index contributed by atoms with van der Waals surface area (Å²) in [5.41, 5.74) is 4.32. The molecule has 3 atom stereocenters. The Kier molecular flexibility index (Phi) is 2.30. The molecule has 0 radical (unpaired) electrons. The van der Waals surface area contributed by atoms with E-state index >= 15 is 0 Å². The van der Waals surface area contributed by atoms with Crippen molar-refractivity contribution in [3.63, 3.8) is 0 Å². The van der Waals surface area contributed by atoms with Gasteiger partial charge in [0.2, 0.25) is 0 Å². The zero-order valence-electron chi connectivity index (χ0n) is 11.5. The molecule has 0 aromatic heterocycles. The van der Waals surface area contributed by atoms with Gasteiger partial charge >= 0.3 is 0 Å². The van der Waals surface area contributed by atoms with Crippen LogP contribution in [0, 0.1) is 11.8 Å². The Labute approximate surface area is 114 Å². The van der Waals surface area contributed by atoms with Gasteiger partial charge in [-0.05, 0) is 47.8 Å². The predicted molar refractivity (Wildman–Crippen MR) is 76.2 cm³/mol. The SMILES string of the molecule is CCc1ccc2c(c1)CC(=O)CC21CC2C=CC1C2. The highest BCUT2D eigenvalue weighted by Gasteiger charge is 2.52. The maximum absolute atomic E-state index is 12.2. The first-order chi connectivity index (χ1) is 9.21. The number of benzene rings is 1. The van der Waals surface area contributed by atoms with E-state index in [-0.39, 0.29) is 5.41 Å². The van der Waals surface area contributed by atoms with Crippen LogP contribution in [0.5, 0.6) is 0 Å². The summed E-state index contributed by atoms with van der Waals surface area (Å²) >= 11 is 0. The molecule has 1 aromatic rings. The highest BCUT2D eigenvalue weighted by molar-refractivity contribution is 5.85. The van der Waals surface area contributed by atoms with Gasteiger partial charge in [-0.2, -0.15) is 0 Å². The molecule has 3 aliphatic carbocycles. The van der Waals surface area contributed by atoms with Gasteiger partial charge < -0.3 is 0 Å². The van der Waals surface area contributed by atoms with E-state index in [9.17, 15) is 4.79 Å². The number of Topliss-reactive ketones (excluding diaryl/α,β-unsaturated/α-hetero) is 1. The lowest BCUT2D eigenvalue weighted by atomic mass is 9.62. The Morgan fingerprint density at radius 1 is 1.32 bits per heavy atom. The van der Waals surface area contributed by atoms with Crippen molar-refractivity contribution < 1.29 is 4.79 Å². The molecule has 1 nitrogen and oxygen atoms in total. The number of rotatable bonds is 1. The molecule has 3 unspecified atom stereocenters. The molecule has 1 fully saturated rings. The maximum Gasteiger partial charge on any atom is 0.138 e. The molecule has 1 aromatic carbocycles. The van der Waals surface area contributed by atoms with E-state index in [2.05, 4.69) is 37.3 Å². The molecule has 1 saturated carbocycles. The molecule has 0 N–H and O–H groups in total. The monoisotopic (exact) mass is 252 g/mol. The summed E-state index contributed by atoms with van der Waals surface area (Å²) in [6, 6.07) is 6.88. The molecular weight excluding hydrogens is 232 g/mol. The van der Waals surface area contributed by atoms with Gasteiger partial charge in [0.25, 0.3) is 0 Å². The van der Waals surface area contributed by atoms with Crippen molar-refractivity contribution in [3.05, 3.63) is 47.0 Å². The van der Waals surface area contributed by atoms with Gasteiger partial charge in [-0.15, -0.1) is 0 Å². The van der Waals surface area contributed by atoms with Gasteiger partial charge in [0.1, 0.15) is 5.78 Å². The number of carbonyl (C=O) groups is 1. The number of aryl methyl sites for hydroxylation is 1. The molecular formula is C18H20O. The van der Waals surface area contributed by atoms with Crippen LogP contribution in [-0.4, -0.2) is 5.78 Å². The molecule has 1 heteroatoms. The molecule has 0 saturated heterocycles. The van der Waals surface area contributed by atoms with Gasteiger partial charge in [-0.3, -0.25) is 4.79 Å². The minimum Gasteiger partial charge on any atom is -0.299 e. The van der Waals surface area contributed by atoms with Crippen LogP contribution in [0.25, 0.3) is 0 Å². The van der Waals surface area contributed by atoms with Crippen molar-refractivity contribution in [2.45, 2.75) is 44.4 Å². The lowest BCUT2D eigenvalue weighted by Gasteiger charge is -2.40. The minimum absolute atomic E-state index is 0.149. The fourth-order valence-corrected chi connectivity index (χ4v) is 4.69. The van der Waals surface area contributed by atoms with E-state index in [0.717, 1.165) is 18.8 Å².